The molecule has 24 heavy (non-hydrogen) atoms. The molecule has 0 saturated carbocycles. The molecule has 1 amide bonds. The van der Waals surface area contributed by atoms with Gasteiger partial charge in [-0.05, 0) is 25.5 Å². The number of oxazole rings is 1. The topological polar surface area (TPSA) is 122 Å². The van der Waals surface area contributed by atoms with E-state index in [1.807, 2.05) is 12.3 Å². The van der Waals surface area contributed by atoms with Gasteiger partial charge in [-0.2, -0.15) is 0 Å². The van der Waals surface area contributed by atoms with Gasteiger partial charge >= 0.3 is 0 Å². The summed E-state index contributed by atoms with van der Waals surface area (Å²) in [6.07, 6.45) is 7.01. The van der Waals surface area contributed by atoms with Gasteiger partial charge in [-0.3, -0.25) is 4.79 Å². The van der Waals surface area contributed by atoms with Crippen LogP contribution in [0.25, 0.3) is 22.5 Å². The predicted molar refractivity (Wildman–Crippen MR) is 89.6 cm³/mol. The highest BCUT2D eigenvalue weighted by Gasteiger charge is 2.21. The highest BCUT2D eigenvalue weighted by molar-refractivity contribution is 5.97. The van der Waals surface area contributed by atoms with Gasteiger partial charge in [0, 0.05) is 30.4 Å². The van der Waals surface area contributed by atoms with Crippen LogP contribution in [0.3, 0.4) is 0 Å². The van der Waals surface area contributed by atoms with Crippen molar-refractivity contribution in [3.63, 3.8) is 0 Å². The van der Waals surface area contributed by atoms with Gasteiger partial charge in [0.1, 0.15) is 11.9 Å². The Hall–Kier alpha value is -2.87. The van der Waals surface area contributed by atoms with E-state index in [-0.39, 0.29) is 5.69 Å². The molecule has 1 aliphatic heterocycles. The molecule has 3 aromatic heterocycles. The smallest absolute Gasteiger partial charge is 0.270 e. The molecule has 0 bridgehead atoms. The van der Waals surface area contributed by atoms with E-state index in [4.69, 9.17) is 10.2 Å². The highest BCUT2D eigenvalue weighted by atomic mass is 16.3. The summed E-state index contributed by atoms with van der Waals surface area (Å²) in [5.41, 5.74) is 7.75. The van der Waals surface area contributed by atoms with Crippen molar-refractivity contribution in [1.29, 1.82) is 0 Å². The largest absolute Gasteiger partial charge is 0.443 e. The lowest BCUT2D eigenvalue weighted by Gasteiger charge is -2.26. The van der Waals surface area contributed by atoms with Crippen LogP contribution in [-0.2, 0) is 0 Å². The minimum atomic E-state index is -0.619. The van der Waals surface area contributed by atoms with E-state index in [1.54, 1.807) is 6.20 Å². The number of carbonyl (C=O) groups excluding carboxylic acids is 1. The van der Waals surface area contributed by atoms with Gasteiger partial charge < -0.3 is 25.8 Å². The molecule has 4 heterocycles. The first kappa shape index (κ1) is 14.7. The summed E-state index contributed by atoms with van der Waals surface area (Å²) in [6.45, 7) is 1.94. The fourth-order valence-electron chi connectivity index (χ4n) is 3.02. The van der Waals surface area contributed by atoms with E-state index in [9.17, 15) is 4.79 Å². The minimum Gasteiger partial charge on any atom is -0.443 e. The van der Waals surface area contributed by atoms with Crippen LogP contribution in [0.4, 0.5) is 5.69 Å². The zero-order valence-electron chi connectivity index (χ0n) is 13.0. The van der Waals surface area contributed by atoms with Crippen molar-refractivity contribution in [1.82, 2.24) is 20.3 Å². The van der Waals surface area contributed by atoms with Crippen molar-refractivity contribution in [3.8, 4) is 11.5 Å². The Morgan fingerprint density at radius 2 is 2.38 bits per heavy atom. The molecule has 0 aliphatic carbocycles. The molecular weight excluding hydrogens is 308 g/mol. The second-order valence-electron chi connectivity index (χ2n) is 5.88. The molecule has 1 saturated heterocycles. The number of rotatable bonds is 4. The molecule has 5 N–H and O–H groups in total. The summed E-state index contributed by atoms with van der Waals surface area (Å²) in [5.74, 6) is -0.294. The number of hydrogen-bond acceptors (Lipinski definition) is 6. The number of H-pyrrole nitrogens is 1. The molecule has 1 unspecified atom stereocenters. The molecule has 124 valence electrons. The standard InChI is InChI=1S/C16H18N6O2/c17-14(23)12-8-24-16(22-12)11-7-20-15-10(3-5-19-15)13(11)21-9-2-1-4-18-6-9/h3,5,7-9,18H,1-2,4,6H2,(H2,17,23)(H2,19,20,21). The molecule has 3 aromatic rings. The number of anilines is 1. The van der Waals surface area contributed by atoms with E-state index in [0.717, 1.165) is 42.7 Å². The van der Waals surface area contributed by atoms with Crippen molar-refractivity contribution in [3.05, 3.63) is 30.4 Å². The van der Waals surface area contributed by atoms with Crippen LogP contribution in [0.1, 0.15) is 23.3 Å². The lowest BCUT2D eigenvalue weighted by atomic mass is 10.1. The Bertz CT molecular complexity index is 878. The first-order valence-corrected chi connectivity index (χ1v) is 7.91. The van der Waals surface area contributed by atoms with Gasteiger partial charge in [0.2, 0.25) is 5.89 Å². The van der Waals surface area contributed by atoms with Crippen LogP contribution < -0.4 is 16.4 Å². The number of nitrogens with one attached hydrogen (secondary N) is 3. The maximum Gasteiger partial charge on any atom is 0.270 e. The van der Waals surface area contributed by atoms with Gasteiger partial charge in [-0.15, -0.1) is 0 Å². The van der Waals surface area contributed by atoms with Crippen LogP contribution in [0.15, 0.2) is 29.1 Å². The van der Waals surface area contributed by atoms with Gasteiger partial charge in [0.15, 0.2) is 5.69 Å². The minimum absolute atomic E-state index is 0.101. The SMILES string of the molecule is NC(=O)c1coc(-c2cnc3[nH]ccc3c2NC2CCCNC2)n1. The van der Waals surface area contributed by atoms with E-state index in [1.165, 1.54) is 6.26 Å². The Kier molecular flexibility index (Phi) is 3.66. The Balaban J connectivity index is 1.78. The molecule has 8 nitrogen and oxygen atoms in total. The third kappa shape index (κ3) is 2.61. The molecule has 0 aromatic carbocycles. The maximum atomic E-state index is 11.3. The fourth-order valence-corrected chi connectivity index (χ4v) is 3.02. The number of aromatic amines is 1. The maximum absolute atomic E-state index is 11.3. The van der Waals surface area contributed by atoms with Crippen LogP contribution in [0, 0.1) is 0 Å². The number of nitrogens with two attached hydrogens (primary N) is 1. The molecule has 0 spiro atoms. The van der Waals surface area contributed by atoms with Crippen molar-refractivity contribution >= 4 is 22.6 Å². The van der Waals surface area contributed by atoms with Crippen molar-refractivity contribution in [2.75, 3.05) is 18.4 Å². The highest BCUT2D eigenvalue weighted by Crippen LogP contribution is 2.33. The molecule has 4 rings (SSSR count). The zero-order valence-corrected chi connectivity index (χ0v) is 13.0. The van der Waals surface area contributed by atoms with Crippen LogP contribution in [-0.4, -0.2) is 40.0 Å². The third-order valence-corrected chi connectivity index (χ3v) is 4.22. The van der Waals surface area contributed by atoms with Crippen molar-refractivity contribution in [2.24, 2.45) is 5.73 Å². The number of nitrogens with zero attached hydrogens (tertiary/aromatic N) is 2. The predicted octanol–water partition coefficient (Wildman–Crippen LogP) is 1.48. The van der Waals surface area contributed by atoms with E-state index >= 15 is 0 Å². The number of carbonyl (C=O) groups is 1. The molecule has 8 heteroatoms. The summed E-state index contributed by atoms with van der Waals surface area (Å²) in [4.78, 5) is 23.0. The summed E-state index contributed by atoms with van der Waals surface area (Å²) >= 11 is 0. The average molecular weight is 326 g/mol. The molecular formula is C16H18N6O2. The summed E-state index contributed by atoms with van der Waals surface area (Å²) in [5, 5.41) is 7.92. The van der Waals surface area contributed by atoms with Crippen molar-refractivity contribution in [2.45, 2.75) is 18.9 Å². The second-order valence-corrected chi connectivity index (χ2v) is 5.88. The molecule has 0 radical (unpaired) electrons. The molecule has 1 aliphatic rings. The normalized spacial score (nSPS) is 17.9. The molecule has 1 atom stereocenters. The monoisotopic (exact) mass is 326 g/mol. The quantitative estimate of drug-likeness (QED) is 0.576. The van der Waals surface area contributed by atoms with Crippen LogP contribution >= 0.6 is 0 Å². The van der Waals surface area contributed by atoms with E-state index < -0.39 is 5.91 Å². The Labute approximate surface area is 137 Å². The Morgan fingerprint density at radius 3 is 3.12 bits per heavy atom. The summed E-state index contributed by atoms with van der Waals surface area (Å²) in [6, 6.07) is 2.27. The number of primary amides is 1. The number of pyridine rings is 1. The lowest BCUT2D eigenvalue weighted by Crippen LogP contribution is -2.38. The Morgan fingerprint density at radius 1 is 1.46 bits per heavy atom. The van der Waals surface area contributed by atoms with E-state index in [2.05, 4.69) is 25.6 Å². The zero-order chi connectivity index (χ0) is 16.5. The first-order valence-electron chi connectivity index (χ1n) is 7.91. The van der Waals surface area contributed by atoms with E-state index in [0.29, 0.717) is 17.5 Å². The number of aromatic nitrogens is 3. The molecule has 1 fully saturated rings. The van der Waals surface area contributed by atoms with Gasteiger partial charge in [0.05, 0.1) is 11.3 Å². The number of piperidine rings is 1. The fraction of sp³-hybridized carbons (Fsp3) is 0.312. The van der Waals surface area contributed by atoms with Gasteiger partial charge in [0.25, 0.3) is 5.91 Å². The van der Waals surface area contributed by atoms with Crippen LogP contribution in [0.2, 0.25) is 0 Å². The third-order valence-electron chi connectivity index (χ3n) is 4.22. The summed E-state index contributed by atoms with van der Waals surface area (Å²) in [7, 11) is 0. The van der Waals surface area contributed by atoms with Gasteiger partial charge in [-0.25, -0.2) is 9.97 Å². The summed E-state index contributed by atoms with van der Waals surface area (Å²) < 4.78 is 5.45. The lowest BCUT2D eigenvalue weighted by molar-refractivity contribution is 0.0995. The number of fused-ring (bicyclic) bond motifs is 1. The van der Waals surface area contributed by atoms with Crippen molar-refractivity contribution < 1.29 is 9.21 Å². The first-order chi connectivity index (χ1) is 11.7. The number of amides is 1. The second kappa shape index (κ2) is 5.97. The van der Waals surface area contributed by atoms with Gasteiger partial charge in [-0.1, -0.05) is 0 Å². The van der Waals surface area contributed by atoms with Crippen LogP contribution in [0.5, 0.6) is 0 Å². The average Bonchev–Trinajstić information content (AvgIpc) is 3.25. The number of hydrogen-bond donors (Lipinski definition) is 4.